The second-order valence-corrected chi connectivity index (χ2v) is 3.35. The van der Waals surface area contributed by atoms with Gasteiger partial charge in [0.2, 0.25) is 5.76 Å². The summed E-state index contributed by atoms with van der Waals surface area (Å²) in [5.41, 5.74) is 1.04. The predicted molar refractivity (Wildman–Crippen MR) is 46.8 cm³/mol. The van der Waals surface area contributed by atoms with Crippen LogP contribution in [0.15, 0.2) is 10.5 Å². The molecule has 1 aromatic rings. The summed E-state index contributed by atoms with van der Waals surface area (Å²) in [4.78, 5) is 12.7. The fourth-order valence-electron chi connectivity index (χ4n) is 1.55. The van der Waals surface area contributed by atoms with Crippen LogP contribution in [0.2, 0.25) is 0 Å². The van der Waals surface area contributed by atoms with Gasteiger partial charge in [-0.3, -0.25) is 4.90 Å². The number of carboxylic acid groups (broad SMARTS) is 1. The number of likely N-dealkylation sites (N-methyl/N-ethyl adjacent to an activating group) is 1. The summed E-state index contributed by atoms with van der Waals surface area (Å²) in [6.07, 6.45) is 0.878. The number of nitrogens with zero attached hydrogens (tertiary/aromatic N) is 1. The molecule has 0 spiro atoms. The van der Waals surface area contributed by atoms with Crippen LogP contribution in [0.5, 0.6) is 0 Å². The van der Waals surface area contributed by atoms with Crippen LogP contribution in [0.4, 0.5) is 0 Å². The van der Waals surface area contributed by atoms with Crippen molar-refractivity contribution < 1.29 is 34.6 Å². The molecule has 0 saturated carbocycles. The standard InChI is InChI=1S/C9H11NO3.Li.H/c1-10-3-2-6-4-7(9(11)12)13-8(6)5-10;;/h4H,2-3,5H2,1H3,(H,11,12);;/q;+1;-1. The molecule has 72 valence electrons. The van der Waals surface area contributed by atoms with Gasteiger partial charge in [0.1, 0.15) is 5.76 Å². The first-order valence-corrected chi connectivity index (χ1v) is 4.20. The van der Waals surface area contributed by atoms with Crippen LogP contribution >= 0.6 is 0 Å². The first kappa shape index (κ1) is 11.4. The zero-order chi connectivity index (χ0) is 9.42. The van der Waals surface area contributed by atoms with Crippen LogP contribution in [0.3, 0.4) is 0 Å². The molecule has 4 nitrogen and oxygen atoms in total. The van der Waals surface area contributed by atoms with Crippen LogP contribution in [0.25, 0.3) is 0 Å². The van der Waals surface area contributed by atoms with Gasteiger partial charge in [0, 0.05) is 6.54 Å². The van der Waals surface area contributed by atoms with E-state index in [-0.39, 0.29) is 26.0 Å². The molecule has 0 aromatic carbocycles. The molecule has 2 heterocycles. The van der Waals surface area contributed by atoms with E-state index in [0.29, 0.717) is 6.54 Å². The molecule has 0 saturated heterocycles. The van der Waals surface area contributed by atoms with Gasteiger partial charge < -0.3 is 11.0 Å². The number of aromatic carboxylic acids is 1. The fourth-order valence-corrected chi connectivity index (χ4v) is 1.55. The van der Waals surface area contributed by atoms with E-state index in [0.717, 1.165) is 24.3 Å². The number of furan rings is 1. The van der Waals surface area contributed by atoms with Crippen LogP contribution in [-0.2, 0) is 13.0 Å². The molecule has 0 radical (unpaired) electrons. The van der Waals surface area contributed by atoms with Crippen molar-refractivity contribution in [1.29, 1.82) is 0 Å². The summed E-state index contributed by atoms with van der Waals surface area (Å²) in [5.74, 6) is -0.136. The van der Waals surface area contributed by atoms with E-state index in [2.05, 4.69) is 4.90 Å². The zero-order valence-corrected chi connectivity index (χ0v) is 8.41. The summed E-state index contributed by atoms with van der Waals surface area (Å²) in [7, 11) is 1.99. The number of carbonyl (C=O) groups is 1. The van der Waals surface area contributed by atoms with E-state index < -0.39 is 5.97 Å². The maximum Gasteiger partial charge on any atom is 1.00 e. The number of carboxylic acids is 1. The maximum absolute atomic E-state index is 10.6. The minimum atomic E-state index is -0.989. The third-order valence-electron chi connectivity index (χ3n) is 2.28. The van der Waals surface area contributed by atoms with E-state index in [4.69, 9.17) is 9.52 Å². The van der Waals surface area contributed by atoms with Gasteiger partial charge in [-0.05, 0) is 25.1 Å². The SMILES string of the molecule is CN1CCc2cc(C(=O)O)oc2C1.[H-].[Li+]. The first-order valence-electron chi connectivity index (χ1n) is 4.20. The quantitative estimate of drug-likeness (QED) is 0.523. The summed E-state index contributed by atoms with van der Waals surface area (Å²) in [5, 5.41) is 8.69. The Labute approximate surface area is 95.5 Å². The van der Waals surface area contributed by atoms with E-state index in [1.54, 1.807) is 6.07 Å². The average molecular weight is 189 g/mol. The van der Waals surface area contributed by atoms with Gasteiger partial charge in [0.25, 0.3) is 0 Å². The van der Waals surface area contributed by atoms with Crippen LogP contribution in [-0.4, -0.2) is 29.6 Å². The van der Waals surface area contributed by atoms with Crippen molar-refractivity contribution in [3.05, 3.63) is 23.2 Å². The molecule has 0 unspecified atom stereocenters. The first-order chi connectivity index (χ1) is 6.16. The molecule has 1 aromatic heterocycles. The molecule has 5 heteroatoms. The molecule has 2 rings (SSSR count). The van der Waals surface area contributed by atoms with E-state index in [1.165, 1.54) is 0 Å². The normalized spacial score (nSPS) is 15.8. The van der Waals surface area contributed by atoms with Crippen molar-refractivity contribution in [1.82, 2.24) is 4.90 Å². The Kier molecular flexibility index (Phi) is 3.43. The molecule has 0 amide bonds. The van der Waals surface area contributed by atoms with Crippen LogP contribution in [0, 0.1) is 0 Å². The van der Waals surface area contributed by atoms with Crippen molar-refractivity contribution in [3.63, 3.8) is 0 Å². The molecule has 0 fully saturated rings. The molecule has 0 bridgehead atoms. The molecule has 1 aliphatic heterocycles. The van der Waals surface area contributed by atoms with Gasteiger partial charge in [-0.2, -0.15) is 0 Å². The second kappa shape index (κ2) is 4.22. The minimum Gasteiger partial charge on any atom is -1.00 e. The van der Waals surface area contributed by atoms with E-state index in [1.807, 2.05) is 7.05 Å². The van der Waals surface area contributed by atoms with Crippen molar-refractivity contribution in [2.24, 2.45) is 0 Å². The third-order valence-corrected chi connectivity index (χ3v) is 2.28. The number of fused-ring (bicyclic) bond motifs is 1. The average Bonchev–Trinajstić information content (AvgIpc) is 2.46. The molecule has 0 atom stereocenters. The van der Waals surface area contributed by atoms with Gasteiger partial charge >= 0.3 is 24.8 Å². The Morgan fingerprint density at radius 1 is 1.71 bits per heavy atom. The summed E-state index contributed by atoms with van der Waals surface area (Å²) in [6, 6.07) is 1.63. The predicted octanol–water partition coefficient (Wildman–Crippen LogP) is -1.92. The Balaban J connectivity index is 0.000000980. The maximum atomic E-state index is 10.6. The summed E-state index contributed by atoms with van der Waals surface area (Å²) in [6.45, 7) is 1.67. The molecular formula is C9H12LiNO3. The van der Waals surface area contributed by atoms with Crippen molar-refractivity contribution >= 4 is 5.97 Å². The molecule has 0 aliphatic carbocycles. The van der Waals surface area contributed by atoms with Gasteiger partial charge in [0.05, 0.1) is 6.54 Å². The Morgan fingerprint density at radius 2 is 2.43 bits per heavy atom. The number of hydrogen-bond acceptors (Lipinski definition) is 3. The van der Waals surface area contributed by atoms with Gasteiger partial charge in [-0.15, -0.1) is 0 Å². The fraction of sp³-hybridized carbons (Fsp3) is 0.444. The van der Waals surface area contributed by atoms with Crippen molar-refractivity contribution in [2.75, 3.05) is 13.6 Å². The Morgan fingerprint density at radius 3 is 3.07 bits per heavy atom. The number of rotatable bonds is 1. The van der Waals surface area contributed by atoms with Crippen LogP contribution in [0.1, 0.15) is 23.3 Å². The van der Waals surface area contributed by atoms with Gasteiger partial charge in [-0.25, -0.2) is 4.79 Å². The second-order valence-electron chi connectivity index (χ2n) is 3.35. The number of hydrogen-bond donors (Lipinski definition) is 1. The van der Waals surface area contributed by atoms with Gasteiger partial charge in [0.15, 0.2) is 0 Å². The van der Waals surface area contributed by atoms with Gasteiger partial charge in [-0.1, -0.05) is 0 Å². The smallest absolute Gasteiger partial charge is 1.00 e. The third kappa shape index (κ3) is 2.03. The minimum absolute atomic E-state index is 0. The molecular weight excluding hydrogens is 177 g/mol. The van der Waals surface area contributed by atoms with Crippen molar-refractivity contribution in [3.8, 4) is 0 Å². The summed E-state index contributed by atoms with van der Waals surface area (Å²) < 4.78 is 5.20. The topological polar surface area (TPSA) is 53.7 Å². The summed E-state index contributed by atoms with van der Waals surface area (Å²) >= 11 is 0. The molecule has 14 heavy (non-hydrogen) atoms. The monoisotopic (exact) mass is 189 g/mol. The van der Waals surface area contributed by atoms with E-state index in [9.17, 15) is 4.79 Å². The van der Waals surface area contributed by atoms with Crippen LogP contribution < -0.4 is 18.9 Å². The Bertz CT molecular complexity index is 353. The van der Waals surface area contributed by atoms with Crippen molar-refractivity contribution in [2.45, 2.75) is 13.0 Å². The largest absolute Gasteiger partial charge is 1.00 e. The zero-order valence-electron chi connectivity index (χ0n) is 9.41. The van der Waals surface area contributed by atoms with E-state index >= 15 is 0 Å². The molecule has 1 N–H and O–H groups in total. The molecule has 1 aliphatic rings. The Hall–Kier alpha value is -0.693.